The third kappa shape index (κ3) is 4.91. The van der Waals surface area contributed by atoms with E-state index in [0.717, 1.165) is 18.4 Å². The molecule has 0 radical (unpaired) electrons. The van der Waals surface area contributed by atoms with Gasteiger partial charge in [-0.2, -0.15) is 0 Å². The van der Waals surface area contributed by atoms with Crippen molar-refractivity contribution in [3.8, 4) is 11.5 Å². The predicted molar refractivity (Wildman–Crippen MR) is 90.3 cm³/mol. The molecule has 1 aliphatic carbocycles. The van der Waals surface area contributed by atoms with Crippen molar-refractivity contribution in [3.63, 3.8) is 0 Å². The van der Waals surface area contributed by atoms with Crippen molar-refractivity contribution in [3.05, 3.63) is 36.2 Å². The van der Waals surface area contributed by atoms with Crippen LogP contribution in [0.3, 0.4) is 0 Å². The lowest BCUT2D eigenvalue weighted by atomic mass is 10.1. The predicted octanol–water partition coefficient (Wildman–Crippen LogP) is 4.33. The highest BCUT2D eigenvalue weighted by Crippen LogP contribution is 2.21. The van der Waals surface area contributed by atoms with Crippen LogP contribution in [0, 0.1) is 0 Å². The van der Waals surface area contributed by atoms with E-state index in [-0.39, 0.29) is 12.1 Å². The zero-order valence-corrected chi connectivity index (χ0v) is 13.9. The van der Waals surface area contributed by atoms with Crippen molar-refractivity contribution < 1.29 is 13.9 Å². The molecule has 1 aromatic carbocycles. The summed E-state index contributed by atoms with van der Waals surface area (Å²) in [4.78, 5) is 12.0. The number of benzene rings is 1. The molecule has 0 spiro atoms. The SMILES string of the molecule is O=C(CCCc1nnc(-c2ccccc2)o1)OC1CCCCCC1. The lowest BCUT2D eigenvalue weighted by molar-refractivity contribution is -0.149. The number of hydrogen-bond acceptors (Lipinski definition) is 5. The minimum absolute atomic E-state index is 0.107. The van der Waals surface area contributed by atoms with Gasteiger partial charge in [-0.1, -0.05) is 31.0 Å². The van der Waals surface area contributed by atoms with Crippen molar-refractivity contribution in [1.82, 2.24) is 10.2 Å². The molecule has 0 amide bonds. The first-order valence-electron chi connectivity index (χ1n) is 8.88. The summed E-state index contributed by atoms with van der Waals surface area (Å²) in [5.74, 6) is 0.979. The molecule has 1 aromatic heterocycles. The van der Waals surface area contributed by atoms with Crippen LogP contribution in [0.2, 0.25) is 0 Å². The van der Waals surface area contributed by atoms with Crippen molar-refractivity contribution in [1.29, 1.82) is 0 Å². The standard InChI is InChI=1S/C19H24N2O3/c22-18(23-16-11-6-1-2-7-12-16)14-8-13-17-20-21-19(24-17)15-9-4-3-5-10-15/h3-5,9-10,16H,1-2,6-8,11-14H2. The summed E-state index contributed by atoms with van der Waals surface area (Å²) in [6.45, 7) is 0. The molecule has 5 nitrogen and oxygen atoms in total. The van der Waals surface area contributed by atoms with Gasteiger partial charge in [0.1, 0.15) is 6.10 Å². The Balaban J connectivity index is 1.41. The molecular formula is C19H24N2O3. The lowest BCUT2D eigenvalue weighted by Gasteiger charge is -2.15. The summed E-state index contributed by atoms with van der Waals surface area (Å²) in [7, 11) is 0. The van der Waals surface area contributed by atoms with Crippen molar-refractivity contribution in [2.24, 2.45) is 0 Å². The van der Waals surface area contributed by atoms with Gasteiger partial charge in [0.25, 0.3) is 0 Å². The zero-order chi connectivity index (χ0) is 16.6. The minimum atomic E-state index is -0.107. The van der Waals surface area contributed by atoms with Crippen LogP contribution in [-0.2, 0) is 16.0 Å². The first-order chi connectivity index (χ1) is 11.8. The van der Waals surface area contributed by atoms with Crippen LogP contribution in [-0.4, -0.2) is 22.3 Å². The van der Waals surface area contributed by atoms with Crippen LogP contribution in [0.5, 0.6) is 0 Å². The van der Waals surface area contributed by atoms with Crippen LogP contribution in [0.15, 0.2) is 34.7 Å². The highest BCUT2D eigenvalue weighted by atomic mass is 16.5. The Labute approximate surface area is 142 Å². The average molecular weight is 328 g/mol. The number of esters is 1. The second kappa shape index (κ2) is 8.62. The Hall–Kier alpha value is -2.17. The van der Waals surface area contributed by atoms with E-state index in [1.54, 1.807) is 0 Å². The van der Waals surface area contributed by atoms with Gasteiger partial charge in [0.2, 0.25) is 11.8 Å². The van der Waals surface area contributed by atoms with E-state index in [4.69, 9.17) is 9.15 Å². The van der Waals surface area contributed by atoms with Crippen LogP contribution in [0.25, 0.3) is 11.5 Å². The largest absolute Gasteiger partial charge is 0.462 e. The van der Waals surface area contributed by atoms with E-state index in [0.29, 0.717) is 31.0 Å². The van der Waals surface area contributed by atoms with E-state index in [1.807, 2.05) is 30.3 Å². The number of ether oxygens (including phenoxy) is 1. The fourth-order valence-electron chi connectivity index (χ4n) is 3.04. The Morgan fingerprint density at radius 3 is 2.58 bits per heavy atom. The Morgan fingerprint density at radius 2 is 1.83 bits per heavy atom. The smallest absolute Gasteiger partial charge is 0.306 e. The van der Waals surface area contributed by atoms with Gasteiger partial charge in [0, 0.05) is 18.4 Å². The van der Waals surface area contributed by atoms with Gasteiger partial charge in [0.15, 0.2) is 0 Å². The molecule has 5 heteroatoms. The third-order valence-corrected chi connectivity index (χ3v) is 4.36. The minimum Gasteiger partial charge on any atom is -0.462 e. The number of rotatable bonds is 6. The second-order valence-electron chi connectivity index (χ2n) is 6.32. The molecule has 2 aromatic rings. The van der Waals surface area contributed by atoms with Crippen LogP contribution < -0.4 is 0 Å². The van der Waals surface area contributed by atoms with Crippen molar-refractivity contribution in [2.45, 2.75) is 63.9 Å². The number of carbonyl (C=O) groups is 1. The van der Waals surface area contributed by atoms with Gasteiger partial charge in [-0.15, -0.1) is 10.2 Å². The fourth-order valence-corrected chi connectivity index (χ4v) is 3.04. The summed E-state index contributed by atoms with van der Waals surface area (Å²) in [5, 5.41) is 8.10. The zero-order valence-electron chi connectivity index (χ0n) is 13.9. The highest BCUT2D eigenvalue weighted by Gasteiger charge is 2.17. The topological polar surface area (TPSA) is 65.2 Å². The Bertz CT molecular complexity index is 631. The summed E-state index contributed by atoms with van der Waals surface area (Å²) < 4.78 is 11.2. The maximum Gasteiger partial charge on any atom is 0.306 e. The summed E-state index contributed by atoms with van der Waals surface area (Å²) in [6.07, 6.45) is 8.66. The highest BCUT2D eigenvalue weighted by molar-refractivity contribution is 5.69. The first kappa shape index (κ1) is 16.7. The van der Waals surface area contributed by atoms with Gasteiger partial charge in [0.05, 0.1) is 0 Å². The van der Waals surface area contributed by atoms with E-state index in [1.165, 1.54) is 25.7 Å². The monoisotopic (exact) mass is 328 g/mol. The van der Waals surface area contributed by atoms with Gasteiger partial charge >= 0.3 is 5.97 Å². The van der Waals surface area contributed by atoms with Gasteiger partial charge in [-0.05, 0) is 44.2 Å². The third-order valence-electron chi connectivity index (χ3n) is 4.36. The van der Waals surface area contributed by atoms with E-state index >= 15 is 0 Å². The first-order valence-corrected chi connectivity index (χ1v) is 8.88. The molecule has 0 atom stereocenters. The molecule has 0 unspecified atom stereocenters. The molecule has 1 saturated carbocycles. The molecule has 3 rings (SSSR count). The molecule has 0 N–H and O–H groups in total. The van der Waals surface area contributed by atoms with E-state index in [9.17, 15) is 4.79 Å². The second-order valence-corrected chi connectivity index (χ2v) is 6.32. The summed E-state index contributed by atoms with van der Waals surface area (Å²) in [6, 6.07) is 9.68. The lowest BCUT2D eigenvalue weighted by Crippen LogP contribution is -2.17. The van der Waals surface area contributed by atoms with E-state index in [2.05, 4.69) is 10.2 Å². The molecular weight excluding hydrogens is 304 g/mol. The van der Waals surface area contributed by atoms with Crippen LogP contribution in [0.4, 0.5) is 0 Å². The van der Waals surface area contributed by atoms with E-state index < -0.39 is 0 Å². The van der Waals surface area contributed by atoms with Crippen LogP contribution >= 0.6 is 0 Å². The van der Waals surface area contributed by atoms with Gasteiger partial charge < -0.3 is 9.15 Å². The van der Waals surface area contributed by atoms with Gasteiger partial charge in [-0.25, -0.2) is 0 Å². The maximum absolute atomic E-state index is 12.0. The number of aryl methyl sites for hydroxylation is 1. The molecule has 1 fully saturated rings. The maximum atomic E-state index is 12.0. The van der Waals surface area contributed by atoms with Crippen molar-refractivity contribution in [2.75, 3.05) is 0 Å². The normalized spacial score (nSPS) is 15.8. The fraction of sp³-hybridized carbons (Fsp3) is 0.526. The summed E-state index contributed by atoms with van der Waals surface area (Å²) >= 11 is 0. The number of carbonyl (C=O) groups excluding carboxylic acids is 1. The number of hydrogen-bond donors (Lipinski definition) is 0. The molecule has 128 valence electrons. The Kier molecular flexibility index (Phi) is 5.99. The molecule has 1 heterocycles. The summed E-state index contributed by atoms with van der Waals surface area (Å²) in [5.41, 5.74) is 0.907. The Morgan fingerprint density at radius 1 is 1.08 bits per heavy atom. The molecule has 0 bridgehead atoms. The number of aromatic nitrogens is 2. The quantitative estimate of drug-likeness (QED) is 0.583. The number of nitrogens with zero attached hydrogens (tertiary/aromatic N) is 2. The van der Waals surface area contributed by atoms with Crippen molar-refractivity contribution >= 4 is 5.97 Å². The van der Waals surface area contributed by atoms with Gasteiger partial charge in [-0.3, -0.25) is 4.79 Å². The average Bonchev–Trinajstić information content (AvgIpc) is 2.93. The molecule has 1 aliphatic rings. The molecule has 24 heavy (non-hydrogen) atoms. The molecule has 0 saturated heterocycles. The van der Waals surface area contributed by atoms with Crippen LogP contribution in [0.1, 0.15) is 57.3 Å². The molecule has 0 aliphatic heterocycles.